The first-order valence-electron chi connectivity index (χ1n) is 9.14. The summed E-state index contributed by atoms with van der Waals surface area (Å²) in [6, 6.07) is 19.9. The van der Waals surface area contributed by atoms with Crippen molar-refractivity contribution in [1.82, 2.24) is 4.57 Å². The summed E-state index contributed by atoms with van der Waals surface area (Å²) in [5.74, 6) is -0.231. The molecule has 0 amide bonds. The Balaban J connectivity index is 1.92. The molecule has 0 bridgehead atoms. The van der Waals surface area contributed by atoms with E-state index in [-0.39, 0.29) is 22.8 Å². The number of phenols is 1. The number of ether oxygens (including phenoxy) is 1. The second-order valence-electron chi connectivity index (χ2n) is 6.96. The Morgan fingerprint density at radius 1 is 1.17 bits per heavy atom. The lowest BCUT2D eigenvalue weighted by molar-refractivity contribution is 0.389. The van der Waals surface area contributed by atoms with Gasteiger partial charge in [-0.1, -0.05) is 42.5 Å². The molecule has 29 heavy (non-hydrogen) atoms. The first kappa shape index (κ1) is 18.4. The lowest BCUT2D eigenvalue weighted by Gasteiger charge is -2.27. The highest BCUT2D eigenvalue weighted by Gasteiger charge is 2.34. The summed E-state index contributed by atoms with van der Waals surface area (Å²) in [6.45, 7) is 2.24. The summed E-state index contributed by atoms with van der Waals surface area (Å²) in [7, 11) is 0. The van der Waals surface area contributed by atoms with E-state index in [9.17, 15) is 15.2 Å². The zero-order chi connectivity index (χ0) is 20.5. The van der Waals surface area contributed by atoms with Gasteiger partial charge in [-0.3, -0.25) is 4.79 Å². The lowest BCUT2D eigenvalue weighted by atomic mass is 9.84. The third kappa shape index (κ3) is 3.23. The molecule has 0 saturated heterocycles. The number of rotatable bonds is 3. The maximum absolute atomic E-state index is 13.5. The van der Waals surface area contributed by atoms with E-state index in [0.29, 0.717) is 23.4 Å². The van der Waals surface area contributed by atoms with Gasteiger partial charge in [-0.2, -0.15) is 5.26 Å². The molecule has 0 aliphatic carbocycles. The number of nitriles is 1. The number of nitrogens with two attached hydrogens (primary N) is 1. The number of nitrogens with zero attached hydrogens (tertiary/aromatic N) is 2. The molecule has 0 spiro atoms. The van der Waals surface area contributed by atoms with Crippen LogP contribution in [-0.2, 0) is 6.54 Å². The zero-order valence-electron chi connectivity index (χ0n) is 15.8. The van der Waals surface area contributed by atoms with Gasteiger partial charge in [-0.05, 0) is 30.2 Å². The van der Waals surface area contributed by atoms with Gasteiger partial charge in [-0.15, -0.1) is 0 Å². The minimum absolute atomic E-state index is 0.0160. The van der Waals surface area contributed by atoms with Gasteiger partial charge in [-0.25, -0.2) is 0 Å². The summed E-state index contributed by atoms with van der Waals surface area (Å²) in [4.78, 5) is 13.5. The first-order chi connectivity index (χ1) is 14.0. The van der Waals surface area contributed by atoms with E-state index in [1.807, 2.05) is 37.3 Å². The zero-order valence-corrected chi connectivity index (χ0v) is 15.8. The second-order valence-corrected chi connectivity index (χ2v) is 6.96. The lowest BCUT2D eigenvalue weighted by Crippen LogP contribution is -2.33. The smallest absolute Gasteiger partial charge is 0.259 e. The Kier molecular flexibility index (Phi) is 4.57. The van der Waals surface area contributed by atoms with Crippen LogP contribution in [-0.4, -0.2) is 9.67 Å². The molecule has 2 aromatic carbocycles. The van der Waals surface area contributed by atoms with Crippen molar-refractivity contribution in [2.24, 2.45) is 5.73 Å². The van der Waals surface area contributed by atoms with Gasteiger partial charge < -0.3 is 20.1 Å². The summed E-state index contributed by atoms with van der Waals surface area (Å²) >= 11 is 0. The summed E-state index contributed by atoms with van der Waals surface area (Å²) in [6.07, 6.45) is 0. The van der Waals surface area contributed by atoms with Gasteiger partial charge in [0, 0.05) is 11.8 Å². The van der Waals surface area contributed by atoms with E-state index in [2.05, 4.69) is 6.07 Å². The largest absolute Gasteiger partial charge is 0.508 e. The van der Waals surface area contributed by atoms with Crippen molar-refractivity contribution in [3.8, 4) is 17.6 Å². The predicted octanol–water partition coefficient (Wildman–Crippen LogP) is 3.13. The molecule has 3 N–H and O–H groups in total. The molecule has 0 radical (unpaired) electrons. The summed E-state index contributed by atoms with van der Waals surface area (Å²) in [5, 5.41) is 19.3. The van der Waals surface area contributed by atoms with Crippen LogP contribution in [0.2, 0.25) is 0 Å². The Hall–Kier alpha value is -3.98. The maximum Gasteiger partial charge on any atom is 0.259 e. The Labute approximate surface area is 167 Å². The fraction of sp³-hybridized carbons (Fsp3) is 0.130. The van der Waals surface area contributed by atoms with E-state index in [0.717, 1.165) is 11.3 Å². The van der Waals surface area contributed by atoms with Crippen LogP contribution in [0.15, 0.2) is 76.9 Å². The van der Waals surface area contributed by atoms with Crippen molar-refractivity contribution in [3.63, 3.8) is 0 Å². The average Bonchev–Trinajstić information content (AvgIpc) is 2.71. The van der Waals surface area contributed by atoms with Crippen molar-refractivity contribution in [2.45, 2.75) is 19.4 Å². The number of allylic oxidation sites excluding steroid dienone is 1. The summed E-state index contributed by atoms with van der Waals surface area (Å²) < 4.78 is 7.32. The number of hydrogen-bond acceptors (Lipinski definition) is 5. The number of aromatic hydroxyl groups is 1. The quantitative estimate of drug-likeness (QED) is 0.721. The second kappa shape index (κ2) is 7.21. The molecule has 1 atom stereocenters. The first-order valence-corrected chi connectivity index (χ1v) is 9.14. The van der Waals surface area contributed by atoms with Gasteiger partial charge in [0.05, 0.1) is 18.0 Å². The van der Waals surface area contributed by atoms with Gasteiger partial charge in [0.2, 0.25) is 5.88 Å². The molecule has 4 rings (SSSR count). The minimum atomic E-state index is -0.667. The molecular formula is C23H19N3O3. The maximum atomic E-state index is 13.5. The standard InChI is InChI=1S/C23H19N3O3/c1-14-11-19-21(23(28)26(14)13-15-5-3-2-4-6-15)20(18(12-24)22(25)29-19)16-7-9-17(27)10-8-16/h2-11,20,27H,13,25H2,1H3/t20-/m0/s1. The van der Waals surface area contributed by atoms with Crippen LogP contribution in [0.5, 0.6) is 11.5 Å². The Morgan fingerprint density at radius 3 is 2.52 bits per heavy atom. The predicted molar refractivity (Wildman–Crippen MR) is 108 cm³/mol. The molecule has 6 nitrogen and oxygen atoms in total. The molecule has 0 saturated carbocycles. The molecular weight excluding hydrogens is 366 g/mol. The van der Waals surface area contributed by atoms with E-state index < -0.39 is 5.92 Å². The number of aromatic nitrogens is 1. The highest BCUT2D eigenvalue weighted by atomic mass is 16.5. The Bertz CT molecular complexity index is 1200. The summed E-state index contributed by atoms with van der Waals surface area (Å²) in [5.41, 5.74) is 8.71. The number of phenolic OH excluding ortho intramolecular Hbond substituents is 1. The molecule has 3 aromatic rings. The van der Waals surface area contributed by atoms with Crippen LogP contribution in [0.4, 0.5) is 0 Å². The van der Waals surface area contributed by atoms with Crippen LogP contribution in [0.25, 0.3) is 0 Å². The number of benzene rings is 2. The SMILES string of the molecule is Cc1cc2c(c(=O)n1Cc1ccccc1)[C@@H](c1ccc(O)cc1)C(C#N)=C(N)O2. The topological polar surface area (TPSA) is 101 Å². The van der Waals surface area contributed by atoms with Crippen molar-refractivity contribution in [2.75, 3.05) is 0 Å². The molecule has 0 unspecified atom stereocenters. The third-order valence-corrected chi connectivity index (χ3v) is 5.10. The molecule has 0 fully saturated rings. The van der Waals surface area contributed by atoms with Crippen LogP contribution in [0.3, 0.4) is 0 Å². The molecule has 1 aromatic heterocycles. The molecule has 2 heterocycles. The molecule has 1 aliphatic rings. The molecule has 144 valence electrons. The molecule has 1 aliphatic heterocycles. The minimum Gasteiger partial charge on any atom is -0.508 e. The molecule has 6 heteroatoms. The third-order valence-electron chi connectivity index (χ3n) is 5.10. The van der Waals surface area contributed by atoms with E-state index in [1.165, 1.54) is 12.1 Å². The van der Waals surface area contributed by atoms with Gasteiger partial charge in [0.15, 0.2) is 0 Å². The normalized spacial score (nSPS) is 15.4. The fourth-order valence-corrected chi connectivity index (χ4v) is 3.65. The van der Waals surface area contributed by atoms with Gasteiger partial charge >= 0.3 is 0 Å². The van der Waals surface area contributed by atoms with Crippen molar-refractivity contribution >= 4 is 0 Å². The van der Waals surface area contributed by atoms with Crippen LogP contribution in [0, 0.1) is 18.3 Å². The van der Waals surface area contributed by atoms with Crippen molar-refractivity contribution in [1.29, 1.82) is 5.26 Å². The fourth-order valence-electron chi connectivity index (χ4n) is 3.65. The van der Waals surface area contributed by atoms with E-state index in [1.54, 1.807) is 22.8 Å². The van der Waals surface area contributed by atoms with Crippen LogP contribution in [0.1, 0.15) is 28.3 Å². The Morgan fingerprint density at radius 2 is 1.86 bits per heavy atom. The van der Waals surface area contributed by atoms with Crippen molar-refractivity contribution in [3.05, 3.63) is 105 Å². The van der Waals surface area contributed by atoms with E-state index >= 15 is 0 Å². The van der Waals surface area contributed by atoms with Crippen LogP contribution >= 0.6 is 0 Å². The van der Waals surface area contributed by atoms with Crippen molar-refractivity contribution < 1.29 is 9.84 Å². The highest BCUT2D eigenvalue weighted by Crippen LogP contribution is 2.40. The average molecular weight is 385 g/mol. The monoisotopic (exact) mass is 385 g/mol. The number of fused-ring (bicyclic) bond motifs is 1. The number of pyridine rings is 1. The number of hydrogen-bond donors (Lipinski definition) is 2. The van der Waals surface area contributed by atoms with Gasteiger partial charge in [0.25, 0.3) is 5.56 Å². The van der Waals surface area contributed by atoms with Gasteiger partial charge in [0.1, 0.15) is 23.1 Å². The van der Waals surface area contributed by atoms with E-state index in [4.69, 9.17) is 10.5 Å². The highest BCUT2D eigenvalue weighted by molar-refractivity contribution is 5.55. The number of aryl methyl sites for hydroxylation is 1. The van der Waals surface area contributed by atoms with Crippen LogP contribution < -0.4 is 16.0 Å².